The third-order valence-corrected chi connectivity index (χ3v) is 8.46. The van der Waals surface area contributed by atoms with Gasteiger partial charge >= 0.3 is 0 Å². The van der Waals surface area contributed by atoms with Crippen molar-refractivity contribution in [1.82, 2.24) is 5.32 Å². The lowest BCUT2D eigenvalue weighted by Gasteiger charge is -2.41. The molecule has 0 saturated heterocycles. The number of anilines is 1. The molecule has 3 aromatic carbocycles. The van der Waals surface area contributed by atoms with Crippen molar-refractivity contribution in [2.75, 3.05) is 11.4 Å². The minimum Gasteiger partial charge on any atom is -0.487 e. The van der Waals surface area contributed by atoms with Gasteiger partial charge in [-0.15, -0.1) is 0 Å². The maximum Gasteiger partial charge on any atom is 0.264 e. The van der Waals surface area contributed by atoms with Crippen molar-refractivity contribution in [3.8, 4) is 5.75 Å². The van der Waals surface area contributed by atoms with E-state index in [4.69, 9.17) is 4.74 Å². The Kier molecular flexibility index (Phi) is 6.66. The second-order valence-corrected chi connectivity index (χ2v) is 10.6. The second-order valence-electron chi connectivity index (χ2n) is 8.60. The van der Waals surface area contributed by atoms with Crippen LogP contribution in [0.3, 0.4) is 0 Å². The van der Waals surface area contributed by atoms with Crippen LogP contribution in [0.5, 0.6) is 5.75 Å². The van der Waals surface area contributed by atoms with Crippen LogP contribution in [-0.2, 0) is 10.0 Å². The zero-order valence-corrected chi connectivity index (χ0v) is 20.5. The molecule has 7 heteroatoms. The summed E-state index contributed by atoms with van der Waals surface area (Å²) in [6.45, 7) is 4.20. The number of fused-ring (bicyclic) bond motifs is 1. The van der Waals surface area contributed by atoms with Gasteiger partial charge in [0.1, 0.15) is 11.4 Å². The molecule has 6 nitrogen and oxygen atoms in total. The molecule has 3 aromatic rings. The highest BCUT2D eigenvalue weighted by Crippen LogP contribution is 2.42. The quantitative estimate of drug-likeness (QED) is 0.498. The van der Waals surface area contributed by atoms with E-state index >= 15 is 0 Å². The van der Waals surface area contributed by atoms with Crippen LogP contribution in [-0.4, -0.2) is 27.0 Å². The van der Waals surface area contributed by atoms with E-state index in [0.717, 1.165) is 24.2 Å². The Bertz CT molecular complexity index is 1270. The number of benzene rings is 3. The minimum atomic E-state index is -3.74. The lowest BCUT2D eigenvalue weighted by Crippen LogP contribution is -2.44. The van der Waals surface area contributed by atoms with Crippen LogP contribution < -0.4 is 14.4 Å². The van der Waals surface area contributed by atoms with Crippen LogP contribution >= 0.6 is 0 Å². The van der Waals surface area contributed by atoms with E-state index < -0.39 is 10.0 Å². The van der Waals surface area contributed by atoms with Crippen LogP contribution in [0.25, 0.3) is 0 Å². The van der Waals surface area contributed by atoms with E-state index in [1.807, 2.05) is 24.3 Å². The smallest absolute Gasteiger partial charge is 0.264 e. The number of amides is 1. The molecule has 0 radical (unpaired) electrons. The molecule has 0 unspecified atom stereocenters. The first kappa shape index (κ1) is 23.8. The fraction of sp³-hybridized carbons (Fsp3) is 0.296. The summed E-state index contributed by atoms with van der Waals surface area (Å²) >= 11 is 0. The molecule has 1 aliphatic heterocycles. The molecule has 0 fully saturated rings. The summed E-state index contributed by atoms with van der Waals surface area (Å²) < 4.78 is 33.6. The predicted molar refractivity (Wildman–Crippen MR) is 134 cm³/mol. The van der Waals surface area contributed by atoms with Crippen molar-refractivity contribution in [3.05, 3.63) is 90.0 Å². The van der Waals surface area contributed by atoms with Crippen molar-refractivity contribution in [2.45, 2.75) is 49.6 Å². The first-order valence-electron chi connectivity index (χ1n) is 11.5. The summed E-state index contributed by atoms with van der Waals surface area (Å²) in [5, 5.41) is 3.16. The van der Waals surface area contributed by atoms with Gasteiger partial charge in [0.15, 0.2) is 0 Å². The number of carbonyl (C=O) groups excluding carboxylic acids is 1. The number of carbonyl (C=O) groups is 1. The van der Waals surface area contributed by atoms with Crippen molar-refractivity contribution in [2.24, 2.45) is 0 Å². The number of rotatable bonds is 7. The van der Waals surface area contributed by atoms with Gasteiger partial charge in [-0.2, -0.15) is 0 Å². The molecule has 0 spiro atoms. The average molecular weight is 479 g/mol. The molecule has 1 aliphatic rings. The SMILES string of the molecule is CCC1(CC)C[C@H](NC(=O)c2cccc(N(C)S(=O)(=O)c3ccccc3)c2)c2ccccc2O1. The van der Waals surface area contributed by atoms with Crippen LogP contribution in [0, 0.1) is 0 Å². The highest BCUT2D eigenvalue weighted by molar-refractivity contribution is 7.92. The number of para-hydroxylation sites is 1. The number of ether oxygens (including phenoxy) is 1. The fourth-order valence-electron chi connectivity index (χ4n) is 4.40. The topological polar surface area (TPSA) is 75.7 Å². The fourth-order valence-corrected chi connectivity index (χ4v) is 5.61. The van der Waals surface area contributed by atoms with Gasteiger partial charge in [0.2, 0.25) is 0 Å². The maximum atomic E-state index is 13.3. The number of hydrogen-bond acceptors (Lipinski definition) is 4. The molecular weight excluding hydrogens is 448 g/mol. The Morgan fingerprint density at radius 1 is 1.00 bits per heavy atom. The third kappa shape index (κ3) is 4.53. The Morgan fingerprint density at radius 3 is 2.38 bits per heavy atom. The van der Waals surface area contributed by atoms with Crippen LogP contribution in [0.4, 0.5) is 5.69 Å². The van der Waals surface area contributed by atoms with Gasteiger partial charge in [-0.1, -0.05) is 56.3 Å². The Hall–Kier alpha value is -3.32. The van der Waals surface area contributed by atoms with Gasteiger partial charge in [-0.25, -0.2) is 8.42 Å². The first-order valence-corrected chi connectivity index (χ1v) is 13.0. The summed E-state index contributed by atoms with van der Waals surface area (Å²) in [5.74, 6) is 0.542. The molecule has 0 saturated carbocycles. The molecule has 1 atom stereocenters. The number of hydrogen-bond donors (Lipinski definition) is 1. The molecule has 4 rings (SSSR count). The molecule has 0 aromatic heterocycles. The monoisotopic (exact) mass is 478 g/mol. The van der Waals surface area contributed by atoms with Crippen LogP contribution in [0.1, 0.15) is 55.1 Å². The second kappa shape index (κ2) is 9.50. The minimum absolute atomic E-state index is 0.196. The number of nitrogens with one attached hydrogen (secondary N) is 1. The van der Waals surface area contributed by atoms with Gasteiger partial charge in [-0.05, 0) is 49.2 Å². The predicted octanol–water partition coefficient (Wildman–Crippen LogP) is 5.32. The number of sulfonamides is 1. The van der Waals surface area contributed by atoms with Crippen LogP contribution in [0.2, 0.25) is 0 Å². The maximum absolute atomic E-state index is 13.3. The molecule has 0 bridgehead atoms. The van der Waals surface area contributed by atoms with E-state index in [2.05, 4.69) is 19.2 Å². The molecule has 1 amide bonds. The summed E-state index contributed by atoms with van der Waals surface area (Å²) in [7, 11) is -2.25. The Balaban J connectivity index is 1.60. The van der Waals surface area contributed by atoms with Crippen molar-refractivity contribution in [1.29, 1.82) is 0 Å². The molecule has 178 valence electrons. The largest absolute Gasteiger partial charge is 0.487 e. The van der Waals surface area contributed by atoms with E-state index in [-0.39, 0.29) is 22.4 Å². The highest BCUT2D eigenvalue weighted by Gasteiger charge is 2.39. The van der Waals surface area contributed by atoms with Gasteiger partial charge < -0.3 is 10.1 Å². The van der Waals surface area contributed by atoms with Gasteiger partial charge in [-0.3, -0.25) is 9.10 Å². The highest BCUT2D eigenvalue weighted by atomic mass is 32.2. The van der Waals surface area contributed by atoms with E-state index in [1.165, 1.54) is 11.4 Å². The first-order chi connectivity index (χ1) is 16.3. The van der Waals surface area contributed by atoms with Crippen LogP contribution in [0.15, 0.2) is 83.8 Å². The standard InChI is InChI=1S/C27H30N2O4S/c1-4-27(5-2)19-24(23-16-9-10-17-25(23)33-27)28-26(30)20-12-11-13-21(18-20)29(3)34(31,32)22-14-7-6-8-15-22/h6-18,24H,4-5,19H2,1-3H3,(H,28,30)/t24-/m0/s1. The normalized spacial score (nSPS) is 16.7. The lowest BCUT2D eigenvalue weighted by molar-refractivity contribution is 0.0227. The van der Waals surface area contributed by atoms with Gasteiger partial charge in [0.05, 0.1) is 16.6 Å². The van der Waals surface area contributed by atoms with Gasteiger partial charge in [0.25, 0.3) is 15.9 Å². The zero-order valence-electron chi connectivity index (χ0n) is 19.7. The molecular formula is C27H30N2O4S. The summed E-state index contributed by atoms with van der Waals surface area (Å²) in [6, 6.07) is 22.5. The summed E-state index contributed by atoms with van der Waals surface area (Å²) in [5.41, 5.74) is 1.43. The molecule has 34 heavy (non-hydrogen) atoms. The van der Waals surface area contributed by atoms with Crippen molar-refractivity contribution < 1.29 is 17.9 Å². The zero-order chi connectivity index (χ0) is 24.3. The molecule has 1 N–H and O–H groups in total. The summed E-state index contributed by atoms with van der Waals surface area (Å²) in [6.07, 6.45) is 2.34. The molecule has 0 aliphatic carbocycles. The van der Waals surface area contributed by atoms with E-state index in [0.29, 0.717) is 17.7 Å². The summed E-state index contributed by atoms with van der Waals surface area (Å²) in [4.78, 5) is 13.5. The van der Waals surface area contributed by atoms with Crippen molar-refractivity contribution >= 4 is 21.6 Å². The Morgan fingerprint density at radius 2 is 1.68 bits per heavy atom. The Labute approximate surface area is 201 Å². The lowest BCUT2D eigenvalue weighted by atomic mass is 9.83. The van der Waals surface area contributed by atoms with E-state index in [9.17, 15) is 13.2 Å². The molecule has 1 heterocycles. The third-order valence-electron chi connectivity index (χ3n) is 6.66. The average Bonchev–Trinajstić information content (AvgIpc) is 2.88. The number of nitrogens with zero attached hydrogens (tertiary/aromatic N) is 1. The van der Waals surface area contributed by atoms with Gasteiger partial charge in [0, 0.05) is 24.6 Å². The van der Waals surface area contributed by atoms with Crippen molar-refractivity contribution in [3.63, 3.8) is 0 Å². The van der Waals surface area contributed by atoms with E-state index in [1.54, 1.807) is 54.6 Å².